The molecule has 0 spiro atoms. The lowest BCUT2D eigenvalue weighted by molar-refractivity contribution is 0.170. The molecule has 2 rings (SSSR count). The summed E-state index contributed by atoms with van der Waals surface area (Å²) in [5.41, 5.74) is 2.21. The lowest BCUT2D eigenvalue weighted by atomic mass is 10.1. The molecule has 0 saturated heterocycles. The Morgan fingerprint density at radius 1 is 1.19 bits per heavy atom. The lowest BCUT2D eigenvalue weighted by Gasteiger charge is -2.11. The van der Waals surface area contributed by atoms with E-state index in [1.807, 2.05) is 24.3 Å². The van der Waals surface area contributed by atoms with Crippen molar-refractivity contribution in [1.29, 1.82) is 0 Å². The zero-order valence-electron chi connectivity index (χ0n) is 12.9. The molecule has 0 amide bonds. The van der Waals surface area contributed by atoms with Gasteiger partial charge in [0.2, 0.25) is 5.88 Å². The molecule has 2 aromatic rings. The highest BCUT2D eigenvalue weighted by Crippen LogP contribution is 2.22. The Kier molecular flexibility index (Phi) is 6.44. The van der Waals surface area contributed by atoms with Gasteiger partial charge in [-0.2, -0.15) is 0 Å². The number of benzene rings is 1. The Morgan fingerprint density at radius 3 is 2.86 bits per heavy atom. The maximum atomic E-state index is 5.74. The second-order valence-electron chi connectivity index (χ2n) is 5.01. The predicted octanol–water partition coefficient (Wildman–Crippen LogP) is 3.15. The van der Waals surface area contributed by atoms with Gasteiger partial charge in [0.15, 0.2) is 0 Å². The van der Waals surface area contributed by atoms with Gasteiger partial charge < -0.3 is 14.8 Å². The fourth-order valence-corrected chi connectivity index (χ4v) is 2.22. The average Bonchev–Trinajstić information content (AvgIpc) is 2.52. The van der Waals surface area contributed by atoms with E-state index in [1.165, 1.54) is 10.9 Å². The number of fused-ring (bicyclic) bond motifs is 1. The largest absolute Gasteiger partial charge is 0.478 e. The minimum Gasteiger partial charge on any atom is -0.478 e. The number of methoxy groups -OCH3 is 1. The van der Waals surface area contributed by atoms with Crippen LogP contribution in [0.3, 0.4) is 0 Å². The van der Waals surface area contributed by atoms with E-state index in [9.17, 15) is 0 Å². The normalized spacial score (nSPS) is 11.0. The van der Waals surface area contributed by atoms with Crippen LogP contribution in [0.1, 0.15) is 25.3 Å². The Bertz CT molecular complexity index is 557. The zero-order chi connectivity index (χ0) is 14.9. The van der Waals surface area contributed by atoms with Crippen molar-refractivity contribution in [3.05, 3.63) is 35.9 Å². The third-order valence-corrected chi connectivity index (χ3v) is 3.26. The zero-order valence-corrected chi connectivity index (χ0v) is 12.9. The van der Waals surface area contributed by atoms with Crippen molar-refractivity contribution in [2.24, 2.45) is 0 Å². The number of pyridine rings is 1. The van der Waals surface area contributed by atoms with Gasteiger partial charge in [-0.15, -0.1) is 0 Å². The first-order valence-electron chi connectivity index (χ1n) is 7.56. The predicted molar refractivity (Wildman–Crippen MR) is 85.7 cm³/mol. The maximum absolute atomic E-state index is 5.74. The van der Waals surface area contributed by atoms with Gasteiger partial charge in [-0.3, -0.25) is 0 Å². The molecule has 0 fully saturated rings. The monoisotopic (exact) mass is 288 g/mol. The third kappa shape index (κ3) is 4.69. The van der Waals surface area contributed by atoms with Crippen LogP contribution < -0.4 is 10.1 Å². The summed E-state index contributed by atoms with van der Waals surface area (Å²) < 4.78 is 10.8. The molecule has 4 nitrogen and oxygen atoms in total. The standard InChI is InChI=1S/C17H24N2O2/c1-3-9-18-13-14-12-17(21-11-6-10-20-2)19-16-8-5-4-7-15(14)16/h4-5,7-8,12,18H,3,6,9-11,13H2,1-2H3. The minimum atomic E-state index is 0.626. The first-order chi connectivity index (χ1) is 10.3. The van der Waals surface area contributed by atoms with Crippen LogP contribution in [-0.2, 0) is 11.3 Å². The van der Waals surface area contributed by atoms with Gasteiger partial charge in [0.25, 0.3) is 0 Å². The Morgan fingerprint density at radius 2 is 2.05 bits per heavy atom. The van der Waals surface area contributed by atoms with E-state index < -0.39 is 0 Å². The van der Waals surface area contributed by atoms with E-state index in [0.717, 1.165) is 31.4 Å². The summed E-state index contributed by atoms with van der Waals surface area (Å²) in [6, 6.07) is 10.2. The smallest absolute Gasteiger partial charge is 0.214 e. The molecule has 0 bridgehead atoms. The highest BCUT2D eigenvalue weighted by atomic mass is 16.5. The molecule has 1 N–H and O–H groups in total. The number of rotatable bonds is 9. The van der Waals surface area contributed by atoms with Crippen LogP contribution in [0.2, 0.25) is 0 Å². The minimum absolute atomic E-state index is 0.626. The molecule has 0 radical (unpaired) electrons. The summed E-state index contributed by atoms with van der Waals surface area (Å²) in [5.74, 6) is 0.693. The van der Waals surface area contributed by atoms with Crippen molar-refractivity contribution < 1.29 is 9.47 Å². The molecular formula is C17H24N2O2. The number of nitrogens with one attached hydrogen (secondary N) is 1. The van der Waals surface area contributed by atoms with Gasteiger partial charge >= 0.3 is 0 Å². The summed E-state index contributed by atoms with van der Waals surface area (Å²) in [4.78, 5) is 4.57. The molecule has 0 aliphatic carbocycles. The Hall–Kier alpha value is -1.65. The van der Waals surface area contributed by atoms with Gasteiger partial charge in [0.1, 0.15) is 0 Å². The number of nitrogens with zero attached hydrogens (tertiary/aromatic N) is 1. The molecule has 1 aromatic carbocycles. The third-order valence-electron chi connectivity index (χ3n) is 3.26. The molecular weight excluding hydrogens is 264 g/mol. The summed E-state index contributed by atoms with van der Waals surface area (Å²) in [7, 11) is 1.70. The van der Waals surface area contributed by atoms with Gasteiger partial charge in [-0.1, -0.05) is 25.1 Å². The molecule has 21 heavy (non-hydrogen) atoms. The van der Waals surface area contributed by atoms with E-state index in [2.05, 4.69) is 23.3 Å². The van der Waals surface area contributed by atoms with E-state index in [-0.39, 0.29) is 0 Å². The fourth-order valence-electron chi connectivity index (χ4n) is 2.22. The molecule has 1 heterocycles. The number of para-hydroxylation sites is 1. The Labute approximate surface area is 126 Å². The summed E-state index contributed by atoms with van der Waals surface area (Å²) in [6.45, 7) is 5.35. The first kappa shape index (κ1) is 15.7. The van der Waals surface area contributed by atoms with Crippen molar-refractivity contribution in [3.63, 3.8) is 0 Å². The van der Waals surface area contributed by atoms with E-state index in [4.69, 9.17) is 9.47 Å². The van der Waals surface area contributed by atoms with Gasteiger partial charge in [0.05, 0.1) is 12.1 Å². The van der Waals surface area contributed by atoms with Crippen LogP contribution in [0.5, 0.6) is 5.88 Å². The molecule has 114 valence electrons. The topological polar surface area (TPSA) is 43.4 Å². The maximum Gasteiger partial charge on any atom is 0.214 e. The van der Waals surface area contributed by atoms with Crippen molar-refractivity contribution in [2.75, 3.05) is 26.9 Å². The van der Waals surface area contributed by atoms with Crippen molar-refractivity contribution in [2.45, 2.75) is 26.3 Å². The fraction of sp³-hybridized carbons (Fsp3) is 0.471. The van der Waals surface area contributed by atoms with Crippen LogP contribution in [0.4, 0.5) is 0 Å². The van der Waals surface area contributed by atoms with Gasteiger partial charge in [0, 0.05) is 38.1 Å². The van der Waals surface area contributed by atoms with Crippen LogP contribution in [-0.4, -0.2) is 31.9 Å². The SMILES string of the molecule is CCCNCc1cc(OCCCOC)nc2ccccc12. The van der Waals surface area contributed by atoms with Crippen molar-refractivity contribution in [1.82, 2.24) is 10.3 Å². The molecule has 0 unspecified atom stereocenters. The van der Waals surface area contributed by atoms with E-state index in [0.29, 0.717) is 19.1 Å². The van der Waals surface area contributed by atoms with Gasteiger partial charge in [-0.25, -0.2) is 4.98 Å². The number of aromatic nitrogens is 1. The van der Waals surface area contributed by atoms with Crippen LogP contribution >= 0.6 is 0 Å². The van der Waals surface area contributed by atoms with Crippen LogP contribution in [0.15, 0.2) is 30.3 Å². The summed E-state index contributed by atoms with van der Waals surface area (Å²) >= 11 is 0. The molecule has 0 saturated carbocycles. The summed E-state index contributed by atoms with van der Waals surface area (Å²) in [5, 5.41) is 4.63. The highest BCUT2D eigenvalue weighted by Gasteiger charge is 2.06. The molecule has 0 atom stereocenters. The second kappa shape index (κ2) is 8.60. The van der Waals surface area contributed by atoms with E-state index >= 15 is 0 Å². The highest BCUT2D eigenvalue weighted by molar-refractivity contribution is 5.82. The quantitative estimate of drug-likeness (QED) is 0.720. The van der Waals surface area contributed by atoms with Gasteiger partial charge in [-0.05, 0) is 24.6 Å². The molecule has 4 heteroatoms. The molecule has 1 aromatic heterocycles. The summed E-state index contributed by atoms with van der Waals surface area (Å²) in [6.07, 6.45) is 2.00. The first-order valence-corrected chi connectivity index (χ1v) is 7.56. The van der Waals surface area contributed by atoms with E-state index in [1.54, 1.807) is 7.11 Å². The molecule has 0 aliphatic rings. The number of hydrogen-bond acceptors (Lipinski definition) is 4. The second-order valence-corrected chi connectivity index (χ2v) is 5.01. The molecule has 0 aliphatic heterocycles. The lowest BCUT2D eigenvalue weighted by Crippen LogP contribution is -2.14. The van der Waals surface area contributed by atoms with Crippen LogP contribution in [0, 0.1) is 0 Å². The Balaban J connectivity index is 2.14. The van der Waals surface area contributed by atoms with Crippen molar-refractivity contribution >= 4 is 10.9 Å². The van der Waals surface area contributed by atoms with Crippen LogP contribution in [0.25, 0.3) is 10.9 Å². The average molecular weight is 288 g/mol. The van der Waals surface area contributed by atoms with Crippen molar-refractivity contribution in [3.8, 4) is 5.88 Å². The number of ether oxygens (including phenoxy) is 2. The number of hydrogen-bond donors (Lipinski definition) is 1.